The molecule has 0 aliphatic carbocycles. The number of nitrogens with zero attached hydrogens (tertiary/aromatic N) is 2. The Morgan fingerprint density at radius 2 is 1.96 bits per heavy atom. The monoisotopic (exact) mass is 388 g/mol. The second-order valence-corrected chi connectivity index (χ2v) is 5.65. The van der Waals surface area contributed by atoms with Crippen molar-refractivity contribution in [2.24, 2.45) is 0 Å². The predicted octanol–water partition coefficient (Wildman–Crippen LogP) is 4.41. The summed E-state index contributed by atoms with van der Waals surface area (Å²) < 4.78 is 16.6. The number of benzene rings is 1. The Morgan fingerprint density at radius 3 is 2.67 bits per heavy atom. The molecule has 0 radical (unpaired) electrons. The van der Waals surface area contributed by atoms with E-state index in [1.54, 1.807) is 19.1 Å². The molecule has 122 valence electrons. The summed E-state index contributed by atoms with van der Waals surface area (Å²) in [5.41, 5.74) is 0.804. The second-order valence-electron chi connectivity index (χ2n) is 4.87. The third kappa shape index (κ3) is 3.99. The number of halogens is 1. The average molecular weight is 389 g/mol. The van der Waals surface area contributed by atoms with Crippen molar-refractivity contribution in [1.82, 2.24) is 10.2 Å². The number of carbonyl (C=O) groups excluding carboxylic acids is 1. The molecule has 0 spiro atoms. The lowest BCUT2D eigenvalue weighted by atomic mass is 10.2. The molecule has 0 aliphatic heterocycles. The van der Waals surface area contributed by atoms with Gasteiger partial charge in [-0.15, -0.1) is 10.2 Å². The van der Waals surface area contributed by atoms with Gasteiger partial charge in [0, 0.05) is 11.6 Å². The minimum Gasteiger partial charge on any atom is -0.450 e. The molecule has 0 saturated heterocycles. The Balaban J connectivity index is 1.62. The van der Waals surface area contributed by atoms with Crippen molar-refractivity contribution >= 4 is 28.0 Å². The molecule has 0 aliphatic rings. The number of hydrogen-bond acceptors (Lipinski definition) is 6. The smallest absolute Gasteiger partial charge is 0.331 e. The summed E-state index contributed by atoms with van der Waals surface area (Å²) in [6.45, 7) is 1.66. The molecule has 1 atom stereocenters. The first kappa shape index (κ1) is 16.2. The van der Waals surface area contributed by atoms with Crippen molar-refractivity contribution in [3.8, 4) is 11.5 Å². The van der Waals surface area contributed by atoms with Crippen LogP contribution in [0.4, 0.5) is 0 Å². The van der Waals surface area contributed by atoms with Crippen LogP contribution in [0.25, 0.3) is 17.5 Å². The van der Waals surface area contributed by atoms with Crippen molar-refractivity contribution in [3.05, 3.63) is 64.9 Å². The second kappa shape index (κ2) is 7.27. The van der Waals surface area contributed by atoms with E-state index in [0.29, 0.717) is 16.3 Å². The third-order valence-corrected chi connectivity index (χ3v) is 3.51. The summed E-state index contributed by atoms with van der Waals surface area (Å²) in [6, 6.07) is 12.8. The highest BCUT2D eigenvalue weighted by Crippen LogP contribution is 2.22. The molecular weight excluding hydrogens is 376 g/mol. The number of esters is 1. The van der Waals surface area contributed by atoms with Crippen molar-refractivity contribution in [3.63, 3.8) is 0 Å². The number of ether oxygens (including phenoxy) is 1. The van der Waals surface area contributed by atoms with E-state index in [1.165, 1.54) is 12.2 Å². The van der Waals surface area contributed by atoms with Crippen LogP contribution in [0.2, 0.25) is 0 Å². The van der Waals surface area contributed by atoms with Crippen LogP contribution in [0, 0.1) is 0 Å². The Morgan fingerprint density at radius 1 is 1.17 bits per heavy atom. The van der Waals surface area contributed by atoms with Crippen LogP contribution in [-0.2, 0) is 9.53 Å². The lowest BCUT2D eigenvalue weighted by Crippen LogP contribution is -2.06. The Hall–Kier alpha value is -2.67. The first-order valence-electron chi connectivity index (χ1n) is 7.14. The van der Waals surface area contributed by atoms with Gasteiger partial charge in [-0.2, -0.15) is 0 Å². The van der Waals surface area contributed by atoms with E-state index in [2.05, 4.69) is 26.1 Å². The van der Waals surface area contributed by atoms with E-state index in [1.807, 2.05) is 30.3 Å². The maximum absolute atomic E-state index is 11.8. The number of hydrogen-bond donors (Lipinski definition) is 0. The maximum Gasteiger partial charge on any atom is 0.331 e. The molecule has 24 heavy (non-hydrogen) atoms. The highest BCUT2D eigenvalue weighted by molar-refractivity contribution is 9.10. The highest BCUT2D eigenvalue weighted by Gasteiger charge is 2.18. The number of furan rings is 1. The van der Waals surface area contributed by atoms with Crippen LogP contribution < -0.4 is 0 Å². The molecule has 3 aromatic rings. The van der Waals surface area contributed by atoms with Crippen LogP contribution in [0.1, 0.15) is 24.7 Å². The summed E-state index contributed by atoms with van der Waals surface area (Å²) in [6.07, 6.45) is 2.13. The molecule has 0 bridgehead atoms. The highest BCUT2D eigenvalue weighted by atomic mass is 79.9. The fourth-order valence-electron chi connectivity index (χ4n) is 1.93. The molecule has 1 aromatic carbocycles. The molecular formula is C17H13BrN2O4. The average Bonchev–Trinajstić information content (AvgIpc) is 3.23. The van der Waals surface area contributed by atoms with Gasteiger partial charge in [0.25, 0.3) is 5.89 Å². The molecule has 2 aromatic heterocycles. The van der Waals surface area contributed by atoms with E-state index < -0.39 is 12.1 Å². The topological polar surface area (TPSA) is 78.4 Å². The Kier molecular flexibility index (Phi) is 4.90. The van der Waals surface area contributed by atoms with Crippen LogP contribution in [0.5, 0.6) is 0 Å². The fraction of sp³-hybridized carbons (Fsp3) is 0.118. The minimum absolute atomic E-state index is 0.233. The van der Waals surface area contributed by atoms with Gasteiger partial charge >= 0.3 is 5.97 Å². The molecule has 0 amide bonds. The van der Waals surface area contributed by atoms with Gasteiger partial charge in [0.2, 0.25) is 5.89 Å². The van der Waals surface area contributed by atoms with E-state index >= 15 is 0 Å². The normalized spacial score (nSPS) is 12.4. The van der Waals surface area contributed by atoms with Crippen molar-refractivity contribution in [2.75, 3.05) is 0 Å². The van der Waals surface area contributed by atoms with Crippen LogP contribution in [-0.4, -0.2) is 16.2 Å². The first-order valence-corrected chi connectivity index (χ1v) is 7.94. The zero-order chi connectivity index (χ0) is 16.9. The van der Waals surface area contributed by atoms with Crippen molar-refractivity contribution < 1.29 is 18.4 Å². The molecule has 0 N–H and O–H groups in total. The summed E-state index contributed by atoms with van der Waals surface area (Å²) in [7, 11) is 0. The number of rotatable bonds is 5. The molecule has 0 saturated carbocycles. The first-order chi connectivity index (χ1) is 11.6. The third-order valence-electron chi connectivity index (χ3n) is 3.08. The zero-order valence-electron chi connectivity index (χ0n) is 12.7. The van der Waals surface area contributed by atoms with Gasteiger partial charge in [0.1, 0.15) is 5.76 Å². The quantitative estimate of drug-likeness (QED) is 0.475. The zero-order valence-corrected chi connectivity index (χ0v) is 14.3. The van der Waals surface area contributed by atoms with Crippen molar-refractivity contribution in [1.29, 1.82) is 0 Å². The van der Waals surface area contributed by atoms with Gasteiger partial charge in [0.05, 0.1) is 0 Å². The Labute approximate surface area is 146 Å². The number of carbonyl (C=O) groups is 1. The Bertz CT molecular complexity index is 854. The van der Waals surface area contributed by atoms with E-state index in [9.17, 15) is 4.79 Å². The molecule has 6 nitrogen and oxygen atoms in total. The van der Waals surface area contributed by atoms with Gasteiger partial charge in [-0.1, -0.05) is 18.2 Å². The summed E-state index contributed by atoms with van der Waals surface area (Å²) in [4.78, 5) is 11.8. The lowest BCUT2D eigenvalue weighted by Gasteiger charge is -2.06. The molecule has 0 unspecified atom stereocenters. The molecule has 7 heteroatoms. The number of aromatic nitrogens is 2. The van der Waals surface area contributed by atoms with E-state index in [4.69, 9.17) is 13.6 Å². The van der Waals surface area contributed by atoms with Crippen LogP contribution in [0.15, 0.2) is 62.0 Å². The lowest BCUT2D eigenvalue weighted by molar-refractivity contribution is -0.143. The van der Waals surface area contributed by atoms with Gasteiger partial charge in [-0.05, 0) is 53.2 Å². The molecule has 3 rings (SSSR count). The van der Waals surface area contributed by atoms with Gasteiger partial charge < -0.3 is 13.6 Å². The van der Waals surface area contributed by atoms with Crippen LogP contribution in [0.3, 0.4) is 0 Å². The molecule has 2 heterocycles. The van der Waals surface area contributed by atoms with Gasteiger partial charge in [0.15, 0.2) is 10.8 Å². The summed E-state index contributed by atoms with van der Waals surface area (Å²) in [5, 5.41) is 7.89. The van der Waals surface area contributed by atoms with Crippen LogP contribution >= 0.6 is 15.9 Å². The van der Waals surface area contributed by atoms with E-state index in [0.717, 1.165) is 5.56 Å². The predicted molar refractivity (Wildman–Crippen MR) is 89.7 cm³/mol. The van der Waals surface area contributed by atoms with Gasteiger partial charge in [-0.3, -0.25) is 0 Å². The standard InChI is InChI=1S/C17H13BrN2O4/c1-11(22-15(21)10-8-13-7-9-14(18)23-13)16-19-20-17(24-16)12-5-3-2-4-6-12/h2-11H,1H3/b10-8+/t11-/m0/s1. The minimum atomic E-state index is -0.657. The summed E-state index contributed by atoms with van der Waals surface area (Å²) in [5.74, 6) is 0.617. The summed E-state index contributed by atoms with van der Waals surface area (Å²) >= 11 is 3.19. The molecule has 0 fully saturated rings. The maximum atomic E-state index is 11.8. The van der Waals surface area contributed by atoms with E-state index in [-0.39, 0.29) is 5.89 Å². The SMILES string of the molecule is C[C@H](OC(=O)/C=C/c1ccc(Br)o1)c1nnc(-c2ccccc2)o1. The van der Waals surface area contributed by atoms with Gasteiger partial charge in [-0.25, -0.2) is 4.79 Å². The fourth-order valence-corrected chi connectivity index (χ4v) is 2.25. The largest absolute Gasteiger partial charge is 0.450 e. The van der Waals surface area contributed by atoms with Crippen molar-refractivity contribution in [2.45, 2.75) is 13.0 Å².